The van der Waals surface area contributed by atoms with Gasteiger partial charge in [0.1, 0.15) is 18.0 Å². The van der Waals surface area contributed by atoms with Crippen LogP contribution in [-0.2, 0) is 16.1 Å². The summed E-state index contributed by atoms with van der Waals surface area (Å²) in [7, 11) is 0.512. The second-order valence-electron chi connectivity index (χ2n) is 13.5. The Bertz CT molecular complexity index is 1710. The van der Waals surface area contributed by atoms with Gasteiger partial charge in [0.25, 0.3) is 0 Å². The Morgan fingerprint density at radius 2 is 1.43 bits per heavy atom. The van der Waals surface area contributed by atoms with Crippen molar-refractivity contribution in [3.63, 3.8) is 0 Å². The Morgan fingerprint density at radius 3 is 2.04 bits per heavy atom. The van der Waals surface area contributed by atoms with Gasteiger partial charge in [0.15, 0.2) is 23.9 Å². The zero-order valence-corrected chi connectivity index (χ0v) is 27.1. The van der Waals surface area contributed by atoms with Crippen LogP contribution in [0.5, 0.6) is 17.2 Å². The molecule has 4 aromatic rings. The third-order valence-electron chi connectivity index (χ3n) is 10.8. The summed E-state index contributed by atoms with van der Waals surface area (Å²) >= 11 is 0. The number of rotatable bonds is 9. The topological polar surface area (TPSA) is 54.0 Å². The second kappa shape index (κ2) is 11.7. The lowest BCUT2D eigenvalue weighted by Crippen LogP contribution is -2.58. The van der Waals surface area contributed by atoms with Gasteiger partial charge in [-0.25, -0.2) is 9.18 Å². The first kappa shape index (κ1) is 29.4. The number of thiol groups is 1. The number of carbonyl (C=O) groups excluding carboxylic acids is 1. The molecule has 0 unspecified atom stereocenters. The maximum Gasteiger partial charge on any atom is 0.344 e. The number of ether oxygens (including phenoxy) is 4. The normalized spacial score (nSPS) is 25.9. The van der Waals surface area contributed by atoms with E-state index in [1.807, 2.05) is 54.6 Å². The molecule has 5 nitrogen and oxygen atoms in total. The number of methoxy groups -OCH3 is 1. The molecule has 4 aliphatic carbocycles. The number of fused-ring (bicyclic) bond motifs is 3. The fourth-order valence-corrected chi connectivity index (χ4v) is 11.4. The first-order valence-corrected chi connectivity index (χ1v) is 17.7. The van der Waals surface area contributed by atoms with Gasteiger partial charge in [0, 0.05) is 14.7 Å². The van der Waals surface area contributed by atoms with Gasteiger partial charge in [-0.2, -0.15) is 10.9 Å². The Hall–Kier alpha value is -3.97. The standard InChI is InChI=1S/C39H39FO5S/c1-39(27-16-25-15-26(18-27)19-28(39)17-25)45-37(41)23-43-29-13-11-24(12-14-29)22-44-34-21-30(20-33(40)38(34)42-2)46-35-9-5-3-7-31(35)32-8-4-6-10-36(32)46/h3-14,20-21,25-28,46H,15-19,22-23H2,1-2H3. The molecule has 4 aromatic carbocycles. The van der Waals surface area contributed by atoms with Crippen LogP contribution in [0.25, 0.3) is 11.1 Å². The van der Waals surface area contributed by atoms with Gasteiger partial charge in [-0.1, -0.05) is 48.5 Å². The number of hydrogen-bond donors (Lipinski definition) is 1. The maximum atomic E-state index is 15.5. The van der Waals surface area contributed by atoms with Crippen molar-refractivity contribution in [1.82, 2.24) is 0 Å². The Kier molecular flexibility index (Phi) is 7.47. The molecule has 0 spiro atoms. The molecule has 0 atom stereocenters. The Balaban J connectivity index is 0.929. The third-order valence-corrected chi connectivity index (χ3v) is 13.3. The summed E-state index contributed by atoms with van der Waals surface area (Å²) in [4.78, 5) is 16.2. The predicted molar refractivity (Wildman–Crippen MR) is 176 cm³/mol. The molecule has 4 saturated carbocycles. The highest BCUT2D eigenvalue weighted by Gasteiger charge is 2.57. The second-order valence-corrected chi connectivity index (χ2v) is 15.7. The van der Waals surface area contributed by atoms with Crippen LogP contribution >= 0.6 is 10.9 Å². The number of benzene rings is 4. The van der Waals surface area contributed by atoms with Crippen LogP contribution in [0.3, 0.4) is 0 Å². The van der Waals surface area contributed by atoms with Gasteiger partial charge in [-0.15, -0.1) is 0 Å². The van der Waals surface area contributed by atoms with Crippen LogP contribution in [0, 0.1) is 29.5 Å². The molecule has 1 aliphatic heterocycles. The molecule has 0 saturated heterocycles. The van der Waals surface area contributed by atoms with Gasteiger partial charge in [-0.05, 0) is 116 Å². The summed E-state index contributed by atoms with van der Waals surface area (Å²) < 4.78 is 39.0. The monoisotopic (exact) mass is 638 g/mol. The SMILES string of the molecule is COc1c(F)cc([SH]2c3ccccc3-c3ccccc32)cc1OCc1ccc(OCC(=O)OC2(C)C3CC4CC(C3)CC2C4)cc1. The Labute approximate surface area is 272 Å². The summed E-state index contributed by atoms with van der Waals surface area (Å²) in [6.07, 6.45) is 6.12. The van der Waals surface area contributed by atoms with Crippen molar-refractivity contribution in [2.24, 2.45) is 23.7 Å². The molecular formula is C39H39FO5S. The van der Waals surface area contributed by atoms with E-state index in [1.54, 1.807) is 6.07 Å². The quantitative estimate of drug-likeness (QED) is 0.129. The third kappa shape index (κ3) is 5.13. The molecule has 5 aliphatic rings. The van der Waals surface area contributed by atoms with E-state index in [0.717, 1.165) is 22.3 Å². The molecule has 1 heterocycles. The minimum atomic E-state index is -0.943. The average molecular weight is 639 g/mol. The summed E-state index contributed by atoms with van der Waals surface area (Å²) in [5.41, 5.74) is 2.91. The van der Waals surface area contributed by atoms with Crippen LogP contribution in [0.1, 0.15) is 44.6 Å². The summed E-state index contributed by atoms with van der Waals surface area (Å²) in [6, 6.07) is 27.6. The van der Waals surface area contributed by atoms with E-state index in [4.69, 9.17) is 18.9 Å². The van der Waals surface area contributed by atoms with Gasteiger partial charge in [0.2, 0.25) is 0 Å². The van der Waals surface area contributed by atoms with E-state index < -0.39 is 16.7 Å². The smallest absolute Gasteiger partial charge is 0.344 e. The van der Waals surface area contributed by atoms with Crippen LogP contribution in [0.15, 0.2) is 99.6 Å². The first-order valence-electron chi connectivity index (χ1n) is 16.3. The first-order chi connectivity index (χ1) is 22.4. The zero-order chi connectivity index (χ0) is 31.4. The van der Waals surface area contributed by atoms with E-state index in [1.165, 1.54) is 60.1 Å². The van der Waals surface area contributed by atoms with Crippen molar-refractivity contribution >= 4 is 16.9 Å². The molecule has 0 radical (unpaired) electrons. The molecule has 0 aromatic heterocycles. The molecule has 238 valence electrons. The summed E-state index contributed by atoms with van der Waals surface area (Å²) in [5, 5.41) is 0. The van der Waals surface area contributed by atoms with Gasteiger partial charge in [0.05, 0.1) is 7.11 Å². The van der Waals surface area contributed by atoms with E-state index in [0.29, 0.717) is 23.3 Å². The highest BCUT2D eigenvalue weighted by atomic mass is 32.2. The lowest BCUT2D eigenvalue weighted by molar-refractivity contribution is -0.204. The summed E-state index contributed by atoms with van der Waals surface area (Å²) in [5.74, 6) is 2.89. The number of hydrogen-bond acceptors (Lipinski definition) is 5. The van der Waals surface area contributed by atoms with Crippen LogP contribution in [0.4, 0.5) is 4.39 Å². The van der Waals surface area contributed by atoms with Gasteiger partial charge in [-0.3, -0.25) is 0 Å². The van der Waals surface area contributed by atoms with Crippen molar-refractivity contribution in [1.29, 1.82) is 0 Å². The van der Waals surface area contributed by atoms with Crippen LogP contribution in [0.2, 0.25) is 0 Å². The van der Waals surface area contributed by atoms with Gasteiger partial charge < -0.3 is 18.9 Å². The van der Waals surface area contributed by atoms with Crippen molar-refractivity contribution in [3.8, 4) is 28.4 Å². The molecule has 0 amide bonds. The molecular weight excluding hydrogens is 599 g/mol. The minimum Gasteiger partial charge on any atom is -0.490 e. The minimum absolute atomic E-state index is 0.0887. The molecule has 4 bridgehead atoms. The Morgan fingerprint density at radius 1 is 0.826 bits per heavy atom. The zero-order valence-electron chi connectivity index (χ0n) is 26.2. The largest absolute Gasteiger partial charge is 0.490 e. The van der Waals surface area contributed by atoms with Crippen molar-refractivity contribution in [3.05, 3.63) is 96.3 Å². The number of esters is 1. The van der Waals surface area contributed by atoms with Crippen LogP contribution < -0.4 is 14.2 Å². The number of carbonyl (C=O) groups is 1. The summed E-state index contributed by atoms with van der Waals surface area (Å²) in [6.45, 7) is 2.25. The van der Waals surface area contributed by atoms with E-state index >= 15 is 4.39 Å². The van der Waals surface area contributed by atoms with E-state index in [-0.39, 0.29) is 30.5 Å². The maximum absolute atomic E-state index is 15.5. The number of halogens is 1. The molecule has 0 N–H and O–H groups in total. The lowest BCUT2D eigenvalue weighted by atomic mass is 9.50. The van der Waals surface area contributed by atoms with E-state index in [2.05, 4.69) is 31.2 Å². The molecule has 7 heteroatoms. The molecule has 46 heavy (non-hydrogen) atoms. The average Bonchev–Trinajstić information content (AvgIpc) is 3.40. The highest BCUT2D eigenvalue weighted by Crippen LogP contribution is 2.63. The van der Waals surface area contributed by atoms with Gasteiger partial charge >= 0.3 is 5.97 Å². The van der Waals surface area contributed by atoms with Crippen molar-refractivity contribution in [2.75, 3.05) is 13.7 Å². The highest BCUT2D eigenvalue weighted by molar-refractivity contribution is 8.17. The molecule has 9 rings (SSSR count). The van der Waals surface area contributed by atoms with Crippen molar-refractivity contribution in [2.45, 2.75) is 65.9 Å². The van der Waals surface area contributed by atoms with Crippen molar-refractivity contribution < 1.29 is 28.1 Å². The fraction of sp³-hybridized carbons (Fsp3) is 0.359. The fourth-order valence-electron chi connectivity index (χ4n) is 8.74. The predicted octanol–water partition coefficient (Wildman–Crippen LogP) is 9.01. The lowest BCUT2D eigenvalue weighted by Gasteiger charge is -2.59. The molecule has 4 fully saturated rings. The van der Waals surface area contributed by atoms with Crippen LogP contribution in [-0.4, -0.2) is 25.3 Å². The van der Waals surface area contributed by atoms with E-state index in [9.17, 15) is 4.79 Å².